The van der Waals surface area contributed by atoms with E-state index in [1.807, 2.05) is 13.0 Å². The van der Waals surface area contributed by atoms with Crippen molar-refractivity contribution in [1.82, 2.24) is 0 Å². The van der Waals surface area contributed by atoms with Gasteiger partial charge in [-0.1, -0.05) is 25.8 Å². The zero-order chi connectivity index (χ0) is 10.1. The van der Waals surface area contributed by atoms with E-state index in [4.69, 9.17) is 4.74 Å². The van der Waals surface area contributed by atoms with Crippen molar-refractivity contribution in [2.45, 2.75) is 52.6 Å². The van der Waals surface area contributed by atoms with Gasteiger partial charge in [-0.25, -0.2) is 0 Å². The number of rotatable bonds is 6. The van der Waals surface area contributed by atoms with Crippen LogP contribution < -0.4 is 0 Å². The molecule has 0 amide bonds. The van der Waals surface area contributed by atoms with E-state index in [0.717, 1.165) is 6.42 Å². The maximum atomic E-state index is 10.5. The van der Waals surface area contributed by atoms with Gasteiger partial charge in [-0.05, 0) is 25.8 Å². The molecule has 1 unspecified atom stereocenters. The standard InChI is InChI=1S/C11H20O2/c1-4-5-6-7-8-9-10(2)13-11(3)12/h8-10H,4-7H2,1-3H3/b9-8-. The van der Waals surface area contributed by atoms with E-state index < -0.39 is 0 Å². The number of carbonyl (C=O) groups excluding carboxylic acids is 1. The second-order valence-corrected chi connectivity index (χ2v) is 3.24. The smallest absolute Gasteiger partial charge is 0.303 e. The molecule has 0 bridgehead atoms. The predicted molar refractivity (Wildman–Crippen MR) is 54.5 cm³/mol. The van der Waals surface area contributed by atoms with Crippen LogP contribution in [0.3, 0.4) is 0 Å². The minimum absolute atomic E-state index is 0.0841. The monoisotopic (exact) mass is 184 g/mol. The van der Waals surface area contributed by atoms with E-state index in [1.54, 1.807) is 0 Å². The molecular weight excluding hydrogens is 164 g/mol. The largest absolute Gasteiger partial charge is 0.459 e. The van der Waals surface area contributed by atoms with Crippen LogP contribution in [0.25, 0.3) is 0 Å². The van der Waals surface area contributed by atoms with Crippen molar-refractivity contribution in [3.8, 4) is 0 Å². The number of ether oxygens (including phenoxy) is 1. The summed E-state index contributed by atoms with van der Waals surface area (Å²) < 4.78 is 4.93. The van der Waals surface area contributed by atoms with E-state index in [9.17, 15) is 4.79 Å². The van der Waals surface area contributed by atoms with Crippen molar-refractivity contribution in [3.05, 3.63) is 12.2 Å². The molecule has 0 spiro atoms. The zero-order valence-electron chi connectivity index (χ0n) is 8.88. The first-order chi connectivity index (χ1) is 6.16. The van der Waals surface area contributed by atoms with Gasteiger partial charge < -0.3 is 4.74 Å². The number of esters is 1. The van der Waals surface area contributed by atoms with E-state index in [2.05, 4.69) is 13.0 Å². The van der Waals surface area contributed by atoms with Crippen molar-refractivity contribution in [3.63, 3.8) is 0 Å². The Morgan fingerprint density at radius 2 is 2.15 bits per heavy atom. The van der Waals surface area contributed by atoms with Crippen molar-refractivity contribution in [2.24, 2.45) is 0 Å². The molecule has 0 aromatic heterocycles. The molecule has 2 nitrogen and oxygen atoms in total. The predicted octanol–water partition coefficient (Wildman–Crippen LogP) is 3.07. The summed E-state index contributed by atoms with van der Waals surface area (Å²) in [4.78, 5) is 10.5. The lowest BCUT2D eigenvalue weighted by Crippen LogP contribution is -2.08. The van der Waals surface area contributed by atoms with Gasteiger partial charge in [-0.15, -0.1) is 0 Å². The van der Waals surface area contributed by atoms with E-state index in [0.29, 0.717) is 0 Å². The van der Waals surface area contributed by atoms with Crippen LogP contribution in [0.2, 0.25) is 0 Å². The summed E-state index contributed by atoms with van der Waals surface area (Å²) in [5.41, 5.74) is 0. The van der Waals surface area contributed by atoms with Crippen LogP contribution in [0.4, 0.5) is 0 Å². The molecule has 0 saturated carbocycles. The SMILES string of the molecule is CCCCC/C=C\C(C)OC(C)=O. The van der Waals surface area contributed by atoms with Gasteiger partial charge in [-0.2, -0.15) is 0 Å². The summed E-state index contributed by atoms with van der Waals surface area (Å²) in [5.74, 6) is -0.217. The van der Waals surface area contributed by atoms with E-state index in [-0.39, 0.29) is 12.1 Å². The van der Waals surface area contributed by atoms with Crippen LogP contribution >= 0.6 is 0 Å². The fraction of sp³-hybridized carbons (Fsp3) is 0.727. The Kier molecular flexibility index (Phi) is 7.36. The van der Waals surface area contributed by atoms with Crippen LogP contribution in [0, 0.1) is 0 Å². The lowest BCUT2D eigenvalue weighted by Gasteiger charge is -2.05. The Bertz CT molecular complexity index is 161. The third-order valence-corrected chi connectivity index (χ3v) is 1.73. The lowest BCUT2D eigenvalue weighted by molar-refractivity contribution is -0.143. The van der Waals surface area contributed by atoms with Crippen LogP contribution in [-0.2, 0) is 9.53 Å². The molecule has 0 heterocycles. The Morgan fingerprint density at radius 3 is 2.69 bits per heavy atom. The van der Waals surface area contributed by atoms with E-state index in [1.165, 1.54) is 26.2 Å². The Labute approximate surface area is 81.0 Å². The Morgan fingerprint density at radius 1 is 1.46 bits per heavy atom. The van der Waals surface area contributed by atoms with Gasteiger partial charge in [0.25, 0.3) is 0 Å². The molecule has 0 radical (unpaired) electrons. The summed E-state index contributed by atoms with van der Waals surface area (Å²) >= 11 is 0. The van der Waals surface area contributed by atoms with Gasteiger partial charge in [0.15, 0.2) is 0 Å². The molecule has 0 fully saturated rings. The van der Waals surface area contributed by atoms with Gasteiger partial charge in [0.1, 0.15) is 6.10 Å². The normalized spacial score (nSPS) is 13.2. The molecule has 13 heavy (non-hydrogen) atoms. The molecule has 0 aliphatic heterocycles. The van der Waals surface area contributed by atoms with Crippen LogP contribution in [0.5, 0.6) is 0 Å². The highest BCUT2D eigenvalue weighted by Crippen LogP contribution is 2.01. The maximum absolute atomic E-state index is 10.5. The molecule has 0 aliphatic carbocycles. The molecule has 0 rings (SSSR count). The topological polar surface area (TPSA) is 26.3 Å². The molecule has 1 atom stereocenters. The molecule has 2 heteroatoms. The molecule has 0 aliphatic rings. The number of carbonyl (C=O) groups is 1. The first-order valence-electron chi connectivity index (χ1n) is 5.00. The Balaban J connectivity index is 3.41. The molecule has 0 aromatic rings. The highest BCUT2D eigenvalue weighted by Gasteiger charge is 1.98. The molecular formula is C11H20O2. The second kappa shape index (κ2) is 7.84. The zero-order valence-corrected chi connectivity index (χ0v) is 8.88. The third kappa shape index (κ3) is 9.12. The average molecular weight is 184 g/mol. The first kappa shape index (κ1) is 12.2. The van der Waals surface area contributed by atoms with Crippen LogP contribution in [0.15, 0.2) is 12.2 Å². The highest BCUT2D eigenvalue weighted by molar-refractivity contribution is 5.66. The lowest BCUT2D eigenvalue weighted by atomic mass is 10.2. The van der Waals surface area contributed by atoms with Crippen molar-refractivity contribution in [1.29, 1.82) is 0 Å². The summed E-state index contributed by atoms with van der Waals surface area (Å²) in [7, 11) is 0. The average Bonchev–Trinajstić information content (AvgIpc) is 2.02. The third-order valence-electron chi connectivity index (χ3n) is 1.73. The van der Waals surface area contributed by atoms with Gasteiger partial charge >= 0.3 is 5.97 Å². The van der Waals surface area contributed by atoms with Crippen molar-refractivity contribution in [2.75, 3.05) is 0 Å². The number of unbranched alkanes of at least 4 members (excludes halogenated alkanes) is 3. The summed E-state index contributed by atoms with van der Waals surface area (Å²) in [5, 5.41) is 0. The van der Waals surface area contributed by atoms with Crippen LogP contribution in [0.1, 0.15) is 46.5 Å². The van der Waals surface area contributed by atoms with Gasteiger partial charge in [0, 0.05) is 6.92 Å². The number of hydrogen-bond donors (Lipinski definition) is 0. The fourth-order valence-corrected chi connectivity index (χ4v) is 1.10. The summed E-state index contributed by atoms with van der Waals surface area (Å²) in [6.07, 6.45) is 8.76. The van der Waals surface area contributed by atoms with Crippen LogP contribution in [-0.4, -0.2) is 12.1 Å². The van der Waals surface area contributed by atoms with Crippen molar-refractivity contribution < 1.29 is 9.53 Å². The second-order valence-electron chi connectivity index (χ2n) is 3.24. The molecule has 0 saturated heterocycles. The van der Waals surface area contributed by atoms with Gasteiger partial charge in [0.05, 0.1) is 0 Å². The molecule has 0 N–H and O–H groups in total. The minimum atomic E-state index is -0.217. The number of allylic oxidation sites excluding steroid dienone is 1. The quantitative estimate of drug-likeness (QED) is 0.360. The summed E-state index contributed by atoms with van der Waals surface area (Å²) in [6.45, 7) is 5.49. The minimum Gasteiger partial charge on any atom is -0.459 e. The van der Waals surface area contributed by atoms with Crippen molar-refractivity contribution >= 4 is 5.97 Å². The fourth-order valence-electron chi connectivity index (χ4n) is 1.10. The Hall–Kier alpha value is -0.790. The maximum Gasteiger partial charge on any atom is 0.303 e. The first-order valence-corrected chi connectivity index (χ1v) is 5.00. The van der Waals surface area contributed by atoms with Gasteiger partial charge in [0.2, 0.25) is 0 Å². The summed E-state index contributed by atoms with van der Waals surface area (Å²) in [6, 6.07) is 0. The van der Waals surface area contributed by atoms with E-state index >= 15 is 0 Å². The number of hydrogen-bond acceptors (Lipinski definition) is 2. The molecule has 76 valence electrons. The molecule has 0 aromatic carbocycles. The van der Waals surface area contributed by atoms with Gasteiger partial charge in [-0.3, -0.25) is 4.79 Å². The highest BCUT2D eigenvalue weighted by atomic mass is 16.5.